The van der Waals surface area contributed by atoms with Gasteiger partial charge < -0.3 is 5.73 Å². The fraction of sp³-hybridized carbons (Fsp3) is 0.538. The first-order valence-electron chi connectivity index (χ1n) is 6.29. The van der Waals surface area contributed by atoms with Crippen molar-refractivity contribution in [3.63, 3.8) is 0 Å². The fourth-order valence-corrected chi connectivity index (χ4v) is 4.08. The Bertz CT molecular complexity index is 538. The minimum absolute atomic E-state index is 0.193. The summed E-state index contributed by atoms with van der Waals surface area (Å²) >= 11 is 0. The average Bonchev–Trinajstić information content (AvgIpc) is 2.72. The molecule has 0 unspecified atom stereocenters. The number of anilines is 2. The topological polar surface area (TPSA) is 63.4 Å². The van der Waals surface area contributed by atoms with E-state index in [1.807, 2.05) is 26.0 Å². The van der Waals surface area contributed by atoms with Crippen molar-refractivity contribution in [2.24, 2.45) is 5.92 Å². The Balaban J connectivity index is 2.28. The molecule has 2 N–H and O–H groups in total. The third kappa shape index (κ3) is 2.46. The quantitative estimate of drug-likeness (QED) is 0.850. The largest absolute Gasteiger partial charge is 0.397 e. The van der Waals surface area contributed by atoms with Crippen molar-refractivity contribution in [3.8, 4) is 0 Å². The number of fused-ring (bicyclic) bond motifs is 1. The van der Waals surface area contributed by atoms with Crippen molar-refractivity contribution >= 4 is 21.4 Å². The molecule has 0 bridgehead atoms. The SMILES string of the molecule is CC(C)CCS(=O)(=O)N1CCc2cccc(N)c21. The molecule has 18 heavy (non-hydrogen) atoms. The Morgan fingerprint density at radius 3 is 2.78 bits per heavy atom. The van der Waals surface area contributed by atoms with Gasteiger partial charge in [-0.2, -0.15) is 0 Å². The van der Waals surface area contributed by atoms with Gasteiger partial charge in [0.2, 0.25) is 10.0 Å². The molecule has 5 heteroatoms. The first kappa shape index (κ1) is 13.2. The molecule has 1 heterocycles. The van der Waals surface area contributed by atoms with E-state index in [2.05, 4.69) is 0 Å². The van der Waals surface area contributed by atoms with Crippen LogP contribution in [0.3, 0.4) is 0 Å². The third-order valence-corrected chi connectivity index (χ3v) is 5.06. The molecule has 1 aromatic carbocycles. The molecule has 100 valence electrons. The summed E-state index contributed by atoms with van der Waals surface area (Å²) in [5, 5.41) is 0. The van der Waals surface area contributed by atoms with Crippen LogP contribution in [0.15, 0.2) is 18.2 Å². The first-order chi connectivity index (χ1) is 8.42. The van der Waals surface area contributed by atoms with E-state index in [1.54, 1.807) is 6.07 Å². The molecule has 0 aliphatic carbocycles. The van der Waals surface area contributed by atoms with Crippen molar-refractivity contribution in [2.75, 3.05) is 22.3 Å². The molecular formula is C13H20N2O2S. The van der Waals surface area contributed by atoms with Crippen LogP contribution < -0.4 is 10.0 Å². The van der Waals surface area contributed by atoms with E-state index in [0.29, 0.717) is 30.3 Å². The zero-order valence-corrected chi connectivity index (χ0v) is 11.7. The van der Waals surface area contributed by atoms with Gasteiger partial charge in [-0.25, -0.2) is 8.42 Å². The first-order valence-corrected chi connectivity index (χ1v) is 7.90. The van der Waals surface area contributed by atoms with Crippen LogP contribution in [0.2, 0.25) is 0 Å². The summed E-state index contributed by atoms with van der Waals surface area (Å²) < 4.78 is 26.1. The van der Waals surface area contributed by atoms with E-state index in [4.69, 9.17) is 5.73 Å². The predicted molar refractivity (Wildman–Crippen MR) is 75.1 cm³/mol. The third-order valence-electron chi connectivity index (χ3n) is 3.27. The van der Waals surface area contributed by atoms with Crippen molar-refractivity contribution in [1.82, 2.24) is 0 Å². The summed E-state index contributed by atoms with van der Waals surface area (Å²) in [5.41, 5.74) is 8.19. The minimum atomic E-state index is -3.24. The number of nitrogens with zero attached hydrogens (tertiary/aromatic N) is 1. The average molecular weight is 268 g/mol. The van der Waals surface area contributed by atoms with Gasteiger partial charge in [-0.15, -0.1) is 0 Å². The zero-order valence-electron chi connectivity index (χ0n) is 10.9. The second-order valence-corrected chi connectivity index (χ2v) is 7.19. The summed E-state index contributed by atoms with van der Waals surface area (Å²) in [6.45, 7) is 4.58. The zero-order chi connectivity index (χ0) is 13.3. The maximum absolute atomic E-state index is 12.3. The second kappa shape index (κ2) is 4.80. The van der Waals surface area contributed by atoms with Gasteiger partial charge in [0, 0.05) is 6.54 Å². The van der Waals surface area contributed by atoms with Gasteiger partial charge in [-0.1, -0.05) is 26.0 Å². The van der Waals surface area contributed by atoms with Crippen molar-refractivity contribution in [1.29, 1.82) is 0 Å². The van der Waals surface area contributed by atoms with Crippen LogP contribution in [0, 0.1) is 5.92 Å². The monoisotopic (exact) mass is 268 g/mol. The van der Waals surface area contributed by atoms with Gasteiger partial charge in [-0.05, 0) is 30.4 Å². The Labute approximate surface area is 109 Å². The highest BCUT2D eigenvalue weighted by Crippen LogP contribution is 2.35. The van der Waals surface area contributed by atoms with E-state index in [-0.39, 0.29) is 5.75 Å². The van der Waals surface area contributed by atoms with E-state index in [1.165, 1.54) is 4.31 Å². The standard InChI is InChI=1S/C13H20N2O2S/c1-10(2)7-9-18(16,17)15-8-6-11-4-3-5-12(14)13(11)15/h3-5,10H,6-9,14H2,1-2H3. The molecule has 2 rings (SSSR count). The van der Waals surface area contributed by atoms with Gasteiger partial charge in [-0.3, -0.25) is 4.31 Å². The second-order valence-electron chi connectivity index (χ2n) is 5.18. The predicted octanol–water partition coefficient (Wildman–Crippen LogP) is 2.01. The number of nitrogens with two attached hydrogens (primary N) is 1. The van der Waals surface area contributed by atoms with Crippen LogP contribution in [0.5, 0.6) is 0 Å². The van der Waals surface area contributed by atoms with Crippen molar-refractivity contribution in [2.45, 2.75) is 26.7 Å². The Kier molecular flexibility index (Phi) is 3.52. The Morgan fingerprint density at radius 1 is 1.39 bits per heavy atom. The molecule has 0 radical (unpaired) electrons. The van der Waals surface area contributed by atoms with Crippen molar-refractivity contribution < 1.29 is 8.42 Å². The van der Waals surface area contributed by atoms with E-state index >= 15 is 0 Å². The van der Waals surface area contributed by atoms with Gasteiger partial charge in [0.25, 0.3) is 0 Å². The number of nitrogen functional groups attached to an aromatic ring is 1. The normalized spacial score (nSPS) is 15.2. The molecule has 0 fully saturated rings. The van der Waals surface area contributed by atoms with E-state index in [0.717, 1.165) is 12.0 Å². The van der Waals surface area contributed by atoms with Crippen LogP contribution in [0.4, 0.5) is 11.4 Å². The minimum Gasteiger partial charge on any atom is -0.397 e. The van der Waals surface area contributed by atoms with Crippen LogP contribution in [0.25, 0.3) is 0 Å². The number of rotatable bonds is 4. The highest BCUT2D eigenvalue weighted by molar-refractivity contribution is 7.92. The van der Waals surface area contributed by atoms with Crippen molar-refractivity contribution in [3.05, 3.63) is 23.8 Å². The lowest BCUT2D eigenvalue weighted by Gasteiger charge is -2.21. The maximum Gasteiger partial charge on any atom is 0.235 e. The fourth-order valence-electron chi connectivity index (χ4n) is 2.22. The Morgan fingerprint density at radius 2 is 2.11 bits per heavy atom. The van der Waals surface area contributed by atoms with Gasteiger partial charge in [0.1, 0.15) is 0 Å². The summed E-state index contributed by atoms with van der Waals surface area (Å²) in [6, 6.07) is 5.58. The Hall–Kier alpha value is -1.23. The smallest absolute Gasteiger partial charge is 0.235 e. The summed E-state index contributed by atoms with van der Waals surface area (Å²) in [7, 11) is -3.24. The summed E-state index contributed by atoms with van der Waals surface area (Å²) in [6.07, 6.45) is 1.43. The lowest BCUT2D eigenvalue weighted by atomic mass is 10.1. The molecule has 1 aromatic rings. The van der Waals surface area contributed by atoms with Crippen LogP contribution >= 0.6 is 0 Å². The van der Waals surface area contributed by atoms with E-state index < -0.39 is 10.0 Å². The molecular weight excluding hydrogens is 248 g/mol. The lowest BCUT2D eigenvalue weighted by molar-refractivity contribution is 0.571. The van der Waals surface area contributed by atoms with Crippen LogP contribution in [-0.2, 0) is 16.4 Å². The van der Waals surface area contributed by atoms with E-state index in [9.17, 15) is 8.42 Å². The number of hydrogen-bond donors (Lipinski definition) is 1. The summed E-state index contributed by atoms with van der Waals surface area (Å²) in [5.74, 6) is 0.577. The highest BCUT2D eigenvalue weighted by Gasteiger charge is 2.30. The van der Waals surface area contributed by atoms with Crippen LogP contribution in [-0.4, -0.2) is 20.7 Å². The van der Waals surface area contributed by atoms with Gasteiger partial charge in [0.15, 0.2) is 0 Å². The molecule has 4 nitrogen and oxygen atoms in total. The molecule has 0 amide bonds. The number of sulfonamides is 1. The highest BCUT2D eigenvalue weighted by atomic mass is 32.2. The van der Waals surface area contributed by atoms with Gasteiger partial charge in [0.05, 0.1) is 17.1 Å². The number of para-hydroxylation sites is 1. The summed E-state index contributed by atoms with van der Waals surface area (Å²) in [4.78, 5) is 0. The molecule has 0 atom stereocenters. The molecule has 1 aliphatic heterocycles. The number of benzene rings is 1. The molecule has 1 aliphatic rings. The van der Waals surface area contributed by atoms with Crippen LogP contribution in [0.1, 0.15) is 25.8 Å². The lowest BCUT2D eigenvalue weighted by Crippen LogP contribution is -2.32. The number of hydrogen-bond acceptors (Lipinski definition) is 3. The molecule has 0 saturated carbocycles. The molecule has 0 spiro atoms. The van der Waals surface area contributed by atoms with Gasteiger partial charge >= 0.3 is 0 Å². The molecule has 0 saturated heterocycles. The maximum atomic E-state index is 12.3. The molecule has 0 aromatic heterocycles.